The quantitative estimate of drug-likeness (QED) is 0.563. The minimum absolute atomic E-state index is 0.475. The number of rotatable bonds is 7. The molecular formula is C20H21ClN2O4. The van der Waals surface area contributed by atoms with Crippen LogP contribution in [0.3, 0.4) is 0 Å². The van der Waals surface area contributed by atoms with Crippen molar-refractivity contribution in [2.75, 3.05) is 6.61 Å². The molecule has 0 radical (unpaired) electrons. The zero-order valence-electron chi connectivity index (χ0n) is 15.1. The van der Waals surface area contributed by atoms with Crippen molar-refractivity contribution in [1.82, 2.24) is 10.9 Å². The van der Waals surface area contributed by atoms with Crippen molar-refractivity contribution in [2.45, 2.75) is 20.0 Å². The van der Waals surface area contributed by atoms with Crippen molar-refractivity contribution >= 4 is 29.5 Å². The van der Waals surface area contributed by atoms with Crippen LogP contribution in [0.15, 0.2) is 54.6 Å². The summed E-state index contributed by atoms with van der Waals surface area (Å²) in [7, 11) is 0. The van der Waals surface area contributed by atoms with Crippen LogP contribution in [-0.4, -0.2) is 24.5 Å². The Balaban J connectivity index is 1.79. The van der Waals surface area contributed by atoms with Crippen LogP contribution in [0, 0.1) is 0 Å². The largest absolute Gasteiger partial charge is 0.494 e. The van der Waals surface area contributed by atoms with Crippen molar-refractivity contribution in [3.8, 4) is 11.5 Å². The topological polar surface area (TPSA) is 76.7 Å². The van der Waals surface area contributed by atoms with E-state index in [1.165, 1.54) is 6.08 Å². The summed E-state index contributed by atoms with van der Waals surface area (Å²) < 4.78 is 10.9. The number of halogens is 1. The smallest absolute Gasteiger partial charge is 0.279 e. The van der Waals surface area contributed by atoms with Gasteiger partial charge in [0.05, 0.1) is 6.61 Å². The Bertz CT molecular complexity index is 806. The van der Waals surface area contributed by atoms with Crippen LogP contribution in [0.4, 0.5) is 0 Å². The van der Waals surface area contributed by atoms with E-state index in [1.807, 2.05) is 6.92 Å². The molecule has 142 valence electrons. The minimum Gasteiger partial charge on any atom is -0.494 e. The second-order valence-corrected chi connectivity index (χ2v) is 5.97. The second kappa shape index (κ2) is 10.2. The molecule has 6 nitrogen and oxygen atoms in total. The highest BCUT2D eigenvalue weighted by molar-refractivity contribution is 6.30. The predicted molar refractivity (Wildman–Crippen MR) is 104 cm³/mol. The lowest BCUT2D eigenvalue weighted by Gasteiger charge is -2.15. The summed E-state index contributed by atoms with van der Waals surface area (Å²) in [5, 5.41) is 0.575. The van der Waals surface area contributed by atoms with E-state index in [-0.39, 0.29) is 0 Å². The average Bonchev–Trinajstić information content (AvgIpc) is 2.66. The molecule has 0 aromatic heterocycles. The van der Waals surface area contributed by atoms with Crippen LogP contribution < -0.4 is 20.3 Å². The maximum Gasteiger partial charge on any atom is 0.279 e. The van der Waals surface area contributed by atoms with Crippen molar-refractivity contribution in [1.29, 1.82) is 0 Å². The number of carbonyl (C=O) groups is 2. The lowest BCUT2D eigenvalue weighted by molar-refractivity contribution is -0.131. The first kappa shape index (κ1) is 20.3. The Morgan fingerprint density at radius 1 is 1.11 bits per heavy atom. The SMILES string of the molecule is CCOc1ccc(O[C@@H](C)C(=O)NNC(=O)/C=C/c2cccc(Cl)c2)cc1. The lowest BCUT2D eigenvalue weighted by Crippen LogP contribution is -2.46. The fraction of sp³-hybridized carbons (Fsp3) is 0.200. The normalized spacial score (nSPS) is 11.7. The number of hydrogen-bond donors (Lipinski definition) is 2. The zero-order chi connectivity index (χ0) is 19.6. The Morgan fingerprint density at radius 2 is 1.81 bits per heavy atom. The van der Waals surface area contributed by atoms with E-state index < -0.39 is 17.9 Å². The molecule has 2 rings (SSSR count). The molecule has 0 bridgehead atoms. The van der Waals surface area contributed by atoms with Gasteiger partial charge in [-0.05, 0) is 61.9 Å². The summed E-state index contributed by atoms with van der Waals surface area (Å²) in [4.78, 5) is 23.8. The Labute approximate surface area is 163 Å². The molecule has 2 N–H and O–H groups in total. The molecule has 0 saturated carbocycles. The number of amides is 2. The summed E-state index contributed by atoms with van der Waals surface area (Å²) in [6, 6.07) is 14.0. The number of ether oxygens (including phenoxy) is 2. The van der Waals surface area contributed by atoms with Crippen molar-refractivity contribution in [3.05, 3.63) is 65.2 Å². The van der Waals surface area contributed by atoms with E-state index in [4.69, 9.17) is 21.1 Å². The number of nitrogens with one attached hydrogen (secondary N) is 2. The fourth-order valence-corrected chi connectivity index (χ4v) is 2.29. The first-order valence-corrected chi connectivity index (χ1v) is 8.78. The van der Waals surface area contributed by atoms with Gasteiger partial charge in [-0.3, -0.25) is 20.4 Å². The molecule has 2 aromatic carbocycles. The fourth-order valence-electron chi connectivity index (χ4n) is 2.09. The van der Waals surface area contributed by atoms with Crippen LogP contribution in [-0.2, 0) is 9.59 Å². The number of hydrazine groups is 1. The van der Waals surface area contributed by atoms with Gasteiger partial charge in [0.15, 0.2) is 6.10 Å². The van der Waals surface area contributed by atoms with E-state index >= 15 is 0 Å². The predicted octanol–water partition coefficient (Wildman–Crippen LogP) is 3.37. The maximum atomic E-state index is 12.0. The van der Waals surface area contributed by atoms with Gasteiger partial charge in [0.2, 0.25) is 0 Å². The Morgan fingerprint density at radius 3 is 2.48 bits per heavy atom. The van der Waals surface area contributed by atoms with Gasteiger partial charge in [-0.1, -0.05) is 23.7 Å². The highest BCUT2D eigenvalue weighted by atomic mass is 35.5. The van der Waals surface area contributed by atoms with Crippen LogP contribution >= 0.6 is 11.6 Å². The van der Waals surface area contributed by atoms with Gasteiger partial charge < -0.3 is 9.47 Å². The Hall–Kier alpha value is -2.99. The van der Waals surface area contributed by atoms with Gasteiger partial charge in [-0.2, -0.15) is 0 Å². The molecule has 27 heavy (non-hydrogen) atoms. The third-order valence-corrected chi connectivity index (χ3v) is 3.64. The van der Waals surface area contributed by atoms with E-state index in [0.29, 0.717) is 17.4 Å². The molecule has 0 aliphatic heterocycles. The molecule has 0 saturated heterocycles. The van der Waals surface area contributed by atoms with Gasteiger partial charge >= 0.3 is 0 Å². The molecule has 0 spiro atoms. The molecule has 0 unspecified atom stereocenters. The lowest BCUT2D eigenvalue weighted by atomic mass is 10.2. The van der Waals surface area contributed by atoms with E-state index in [9.17, 15) is 9.59 Å². The van der Waals surface area contributed by atoms with Gasteiger partial charge in [0.1, 0.15) is 11.5 Å². The summed E-state index contributed by atoms with van der Waals surface area (Å²) >= 11 is 5.88. The minimum atomic E-state index is -0.792. The zero-order valence-corrected chi connectivity index (χ0v) is 15.8. The van der Waals surface area contributed by atoms with E-state index in [0.717, 1.165) is 11.3 Å². The van der Waals surface area contributed by atoms with Crippen molar-refractivity contribution in [2.24, 2.45) is 0 Å². The average molecular weight is 389 g/mol. The van der Waals surface area contributed by atoms with Crippen molar-refractivity contribution in [3.63, 3.8) is 0 Å². The van der Waals surface area contributed by atoms with Crippen molar-refractivity contribution < 1.29 is 19.1 Å². The highest BCUT2D eigenvalue weighted by Crippen LogP contribution is 2.18. The maximum absolute atomic E-state index is 12.0. The van der Waals surface area contributed by atoms with E-state index in [2.05, 4.69) is 10.9 Å². The van der Waals surface area contributed by atoms with Crippen LogP contribution in [0.25, 0.3) is 6.08 Å². The van der Waals surface area contributed by atoms with Gasteiger partial charge in [-0.25, -0.2) is 0 Å². The molecule has 0 fully saturated rings. The third kappa shape index (κ3) is 7.03. The number of hydrogen-bond acceptors (Lipinski definition) is 4. The van der Waals surface area contributed by atoms with Gasteiger partial charge in [-0.15, -0.1) is 0 Å². The summed E-state index contributed by atoms with van der Waals surface area (Å²) in [6.45, 7) is 4.06. The summed E-state index contributed by atoms with van der Waals surface area (Å²) in [5.41, 5.74) is 5.39. The first-order chi connectivity index (χ1) is 13.0. The first-order valence-electron chi connectivity index (χ1n) is 8.41. The Kier molecular flexibility index (Phi) is 7.70. The monoisotopic (exact) mass is 388 g/mol. The van der Waals surface area contributed by atoms with E-state index in [1.54, 1.807) is 61.5 Å². The van der Waals surface area contributed by atoms with Crippen LogP contribution in [0.5, 0.6) is 11.5 Å². The molecule has 2 aromatic rings. The summed E-state index contributed by atoms with van der Waals surface area (Å²) in [6.07, 6.45) is 2.09. The molecule has 0 aliphatic rings. The number of benzene rings is 2. The summed E-state index contributed by atoms with van der Waals surface area (Å²) in [5.74, 6) is 0.291. The molecular weight excluding hydrogens is 368 g/mol. The standard InChI is InChI=1S/C20H21ClN2O4/c1-3-26-17-8-10-18(11-9-17)27-14(2)20(25)23-22-19(24)12-7-15-5-4-6-16(21)13-15/h4-14H,3H2,1-2H3,(H,22,24)(H,23,25)/b12-7+/t14-/m0/s1. The molecule has 0 heterocycles. The van der Waals surface area contributed by atoms with Gasteiger partial charge in [0, 0.05) is 11.1 Å². The molecule has 2 amide bonds. The van der Waals surface area contributed by atoms with Crippen LogP contribution in [0.1, 0.15) is 19.4 Å². The molecule has 0 aliphatic carbocycles. The highest BCUT2D eigenvalue weighted by Gasteiger charge is 2.15. The molecule has 7 heteroatoms. The second-order valence-electron chi connectivity index (χ2n) is 5.53. The number of carbonyl (C=O) groups excluding carboxylic acids is 2. The van der Waals surface area contributed by atoms with Gasteiger partial charge in [0.25, 0.3) is 11.8 Å². The van der Waals surface area contributed by atoms with Crippen LogP contribution in [0.2, 0.25) is 5.02 Å². The molecule has 1 atom stereocenters. The third-order valence-electron chi connectivity index (χ3n) is 3.40.